The number of aliphatic carboxylic acids is 1. The molecule has 0 radical (unpaired) electrons. The minimum atomic E-state index is -1.29. The topological polar surface area (TPSA) is 109 Å². The summed E-state index contributed by atoms with van der Waals surface area (Å²) in [5, 5.41) is 18.4. The van der Waals surface area contributed by atoms with Crippen molar-refractivity contribution in [2.24, 2.45) is 0 Å². The third kappa shape index (κ3) is 5.14. The van der Waals surface area contributed by atoms with Crippen LogP contribution >= 0.6 is 11.7 Å². The lowest BCUT2D eigenvalue weighted by molar-refractivity contribution is -0.132. The molecule has 4 aromatic carbocycles. The largest absolute Gasteiger partial charge is 0.497 e. The Bertz CT molecular complexity index is 1660. The van der Waals surface area contributed by atoms with E-state index < -0.39 is 5.97 Å². The molecule has 0 aliphatic rings. The molecule has 0 spiro atoms. The number of fused-ring (bicyclic) bond motifs is 1. The highest BCUT2D eigenvalue weighted by Gasteiger charge is 2.16. The van der Waals surface area contributed by atoms with Crippen molar-refractivity contribution in [2.45, 2.75) is 0 Å². The van der Waals surface area contributed by atoms with Gasteiger partial charge in [0.15, 0.2) is 0 Å². The van der Waals surface area contributed by atoms with Gasteiger partial charge in [-0.15, -0.1) is 0 Å². The Morgan fingerprint density at radius 3 is 1.82 bits per heavy atom. The van der Waals surface area contributed by atoms with E-state index >= 15 is 0 Å². The Morgan fingerprint density at radius 1 is 0.821 bits per heavy atom. The minimum absolute atomic E-state index is 0.362. The number of aromatic nitrogens is 2. The molecule has 8 nitrogen and oxygen atoms in total. The van der Waals surface area contributed by atoms with E-state index in [1.54, 1.807) is 26.4 Å². The maximum absolute atomic E-state index is 11.3. The van der Waals surface area contributed by atoms with E-state index in [-0.39, 0.29) is 5.57 Å². The van der Waals surface area contributed by atoms with E-state index in [0.717, 1.165) is 51.4 Å². The molecule has 39 heavy (non-hydrogen) atoms. The van der Waals surface area contributed by atoms with Crippen molar-refractivity contribution in [2.75, 3.05) is 19.1 Å². The first-order valence-corrected chi connectivity index (χ1v) is 12.5. The number of anilines is 3. The zero-order valence-electron chi connectivity index (χ0n) is 21.0. The van der Waals surface area contributed by atoms with Crippen molar-refractivity contribution in [3.63, 3.8) is 0 Å². The fourth-order valence-electron chi connectivity index (χ4n) is 4.23. The number of hydrogen-bond acceptors (Lipinski definition) is 8. The number of hydrogen-bond donors (Lipinski definition) is 1. The molecule has 0 atom stereocenters. The number of carbonyl (C=O) groups is 1. The summed E-state index contributed by atoms with van der Waals surface area (Å²) in [6, 6.07) is 29.1. The maximum atomic E-state index is 11.3. The Kier molecular flexibility index (Phi) is 7.21. The van der Waals surface area contributed by atoms with Gasteiger partial charge in [-0.25, -0.2) is 4.79 Å². The molecule has 0 aliphatic heterocycles. The van der Waals surface area contributed by atoms with Crippen molar-refractivity contribution in [1.29, 1.82) is 5.26 Å². The quantitative estimate of drug-likeness (QED) is 0.170. The predicted molar refractivity (Wildman–Crippen MR) is 152 cm³/mol. The molecule has 0 unspecified atom stereocenters. The zero-order valence-corrected chi connectivity index (χ0v) is 21.8. The lowest BCUT2D eigenvalue weighted by Crippen LogP contribution is -2.09. The first-order valence-electron chi connectivity index (χ1n) is 11.8. The number of methoxy groups -OCH3 is 2. The molecule has 0 fully saturated rings. The molecule has 1 N–H and O–H groups in total. The van der Waals surface area contributed by atoms with Crippen LogP contribution in [0.2, 0.25) is 0 Å². The van der Waals surface area contributed by atoms with Gasteiger partial charge < -0.3 is 19.5 Å². The fourth-order valence-corrected chi connectivity index (χ4v) is 4.81. The summed E-state index contributed by atoms with van der Waals surface area (Å²) in [5.41, 5.74) is 6.01. The molecule has 1 aromatic heterocycles. The number of nitrogens with zero attached hydrogens (tertiary/aromatic N) is 4. The predicted octanol–water partition coefficient (Wildman–Crippen LogP) is 6.84. The molecular formula is C30H22N4O4S. The van der Waals surface area contributed by atoms with Crippen LogP contribution in [0.15, 0.2) is 90.5 Å². The molecule has 5 aromatic rings. The Labute approximate surface area is 228 Å². The normalized spacial score (nSPS) is 11.2. The highest BCUT2D eigenvalue weighted by Crippen LogP contribution is 2.38. The monoisotopic (exact) mass is 534 g/mol. The second-order valence-corrected chi connectivity index (χ2v) is 8.95. The van der Waals surface area contributed by atoms with Gasteiger partial charge in [-0.1, -0.05) is 24.3 Å². The number of carboxylic acid groups (broad SMARTS) is 1. The minimum Gasteiger partial charge on any atom is -0.497 e. The van der Waals surface area contributed by atoms with Gasteiger partial charge in [0, 0.05) is 28.2 Å². The summed E-state index contributed by atoms with van der Waals surface area (Å²) < 4.78 is 19.5. The standard InChI is InChI=1S/C30H22N4O4S/c1-37-25-12-8-23(9-13-25)34(24-10-14-26(38-2)15-11-24)22-6-3-19(4-7-22)27-16-5-20(17-21(18-31)30(35)36)28-29(27)33-39-32-28/h3-17H,1-2H3,(H,35,36). The number of nitriles is 1. The molecular weight excluding hydrogens is 512 g/mol. The van der Waals surface area contributed by atoms with E-state index in [9.17, 15) is 9.90 Å². The van der Waals surface area contributed by atoms with Crippen molar-refractivity contribution in [1.82, 2.24) is 8.75 Å². The second-order valence-electron chi connectivity index (χ2n) is 8.42. The van der Waals surface area contributed by atoms with Crippen LogP contribution in [0.4, 0.5) is 17.1 Å². The molecule has 0 amide bonds. The van der Waals surface area contributed by atoms with Gasteiger partial charge >= 0.3 is 5.97 Å². The summed E-state index contributed by atoms with van der Waals surface area (Å²) in [6.07, 6.45) is 1.32. The summed E-state index contributed by atoms with van der Waals surface area (Å²) in [5.74, 6) is 0.258. The first-order chi connectivity index (χ1) is 19.0. The first kappa shape index (κ1) is 25.4. The van der Waals surface area contributed by atoms with E-state index in [1.165, 1.54) is 6.08 Å². The van der Waals surface area contributed by atoms with E-state index in [4.69, 9.17) is 14.7 Å². The second kappa shape index (κ2) is 11.0. The molecule has 0 saturated heterocycles. The van der Waals surface area contributed by atoms with Crippen LogP contribution < -0.4 is 14.4 Å². The molecule has 192 valence electrons. The van der Waals surface area contributed by atoms with Gasteiger partial charge in [-0.2, -0.15) is 14.0 Å². The van der Waals surface area contributed by atoms with E-state index in [1.807, 2.05) is 78.9 Å². The van der Waals surface area contributed by atoms with Crippen LogP contribution in [-0.2, 0) is 4.79 Å². The molecule has 0 aliphatic carbocycles. The van der Waals surface area contributed by atoms with Crippen LogP contribution in [0.1, 0.15) is 5.56 Å². The number of benzene rings is 4. The van der Waals surface area contributed by atoms with Crippen molar-refractivity contribution >= 4 is 51.9 Å². The van der Waals surface area contributed by atoms with Crippen LogP contribution in [0.5, 0.6) is 11.5 Å². The Balaban J connectivity index is 1.55. The summed E-state index contributed by atoms with van der Waals surface area (Å²) in [6.45, 7) is 0. The van der Waals surface area contributed by atoms with Gasteiger partial charge in [-0.05, 0) is 72.3 Å². The van der Waals surface area contributed by atoms with Gasteiger partial charge in [-0.3, -0.25) is 0 Å². The van der Waals surface area contributed by atoms with Crippen molar-refractivity contribution in [3.8, 4) is 28.7 Å². The summed E-state index contributed by atoms with van der Waals surface area (Å²) in [7, 11) is 3.28. The highest BCUT2D eigenvalue weighted by molar-refractivity contribution is 7.00. The van der Waals surface area contributed by atoms with Crippen molar-refractivity contribution in [3.05, 3.63) is 96.1 Å². The third-order valence-corrected chi connectivity index (χ3v) is 6.72. The van der Waals surface area contributed by atoms with E-state index in [0.29, 0.717) is 16.6 Å². The van der Waals surface area contributed by atoms with Crippen LogP contribution in [0, 0.1) is 11.3 Å². The fraction of sp³-hybridized carbons (Fsp3) is 0.0667. The Morgan fingerprint density at radius 2 is 1.33 bits per heavy atom. The maximum Gasteiger partial charge on any atom is 0.346 e. The SMILES string of the molecule is COc1ccc(N(c2ccc(OC)cc2)c2ccc(-c3ccc(C=C(C#N)C(=O)O)c4nsnc34)cc2)cc1. The summed E-state index contributed by atoms with van der Waals surface area (Å²) >= 11 is 1.04. The van der Waals surface area contributed by atoms with Gasteiger partial charge in [0.2, 0.25) is 0 Å². The number of ether oxygens (including phenoxy) is 2. The smallest absolute Gasteiger partial charge is 0.346 e. The van der Waals surface area contributed by atoms with Crippen LogP contribution in [0.25, 0.3) is 28.2 Å². The molecule has 1 heterocycles. The van der Waals surface area contributed by atoms with Crippen molar-refractivity contribution < 1.29 is 19.4 Å². The average Bonchev–Trinajstić information content (AvgIpc) is 3.47. The van der Waals surface area contributed by atoms with Gasteiger partial charge in [0.1, 0.15) is 34.2 Å². The Hall–Kier alpha value is -5.20. The zero-order chi connectivity index (χ0) is 27.4. The summed E-state index contributed by atoms with van der Waals surface area (Å²) in [4.78, 5) is 13.4. The third-order valence-electron chi connectivity index (χ3n) is 6.20. The van der Waals surface area contributed by atoms with E-state index in [2.05, 4.69) is 13.6 Å². The number of rotatable bonds is 8. The number of carboxylic acids is 1. The highest BCUT2D eigenvalue weighted by atomic mass is 32.1. The molecule has 0 saturated carbocycles. The molecule has 5 rings (SSSR count). The van der Waals surface area contributed by atoms with Crippen LogP contribution in [-0.4, -0.2) is 34.0 Å². The van der Waals surface area contributed by atoms with Gasteiger partial charge in [0.25, 0.3) is 0 Å². The lowest BCUT2D eigenvalue weighted by Gasteiger charge is -2.26. The van der Waals surface area contributed by atoms with Crippen LogP contribution in [0.3, 0.4) is 0 Å². The lowest BCUT2D eigenvalue weighted by atomic mass is 10.00. The molecule has 0 bridgehead atoms. The average molecular weight is 535 g/mol. The molecule has 9 heteroatoms. The van der Waals surface area contributed by atoms with Gasteiger partial charge in [0.05, 0.1) is 25.9 Å².